The quantitative estimate of drug-likeness (QED) is 0.176. The van der Waals surface area contributed by atoms with Crippen LogP contribution in [0.5, 0.6) is 0 Å². The molecule has 0 bridgehead atoms. The summed E-state index contributed by atoms with van der Waals surface area (Å²) >= 11 is 0. The van der Waals surface area contributed by atoms with Gasteiger partial charge in [0.25, 0.3) is 0 Å². The first-order chi connectivity index (χ1) is 26.3. The smallest absolute Gasteiger partial charge is 0.160 e. The predicted octanol–water partition coefficient (Wildman–Crippen LogP) is 12.9. The molecule has 10 rings (SSSR count). The van der Waals surface area contributed by atoms with Crippen LogP contribution in [0.1, 0.15) is 0 Å². The van der Waals surface area contributed by atoms with E-state index in [-0.39, 0.29) is 0 Å². The van der Waals surface area contributed by atoms with Crippen molar-refractivity contribution in [1.82, 2.24) is 15.0 Å². The predicted molar refractivity (Wildman–Crippen MR) is 217 cm³/mol. The van der Waals surface area contributed by atoms with E-state index in [9.17, 15) is 0 Å². The van der Waals surface area contributed by atoms with Gasteiger partial charge in [0.1, 0.15) is 11.2 Å². The second kappa shape index (κ2) is 12.9. The van der Waals surface area contributed by atoms with Gasteiger partial charge in [-0.1, -0.05) is 146 Å². The fourth-order valence-electron chi connectivity index (χ4n) is 7.39. The van der Waals surface area contributed by atoms with Gasteiger partial charge in [-0.2, -0.15) is 0 Å². The maximum Gasteiger partial charge on any atom is 0.160 e. The first-order valence-electron chi connectivity index (χ1n) is 17.8. The van der Waals surface area contributed by atoms with Gasteiger partial charge >= 0.3 is 0 Å². The van der Waals surface area contributed by atoms with Crippen molar-refractivity contribution in [2.75, 3.05) is 0 Å². The van der Waals surface area contributed by atoms with Gasteiger partial charge in [-0.3, -0.25) is 4.98 Å². The minimum atomic E-state index is 0.692. The highest BCUT2D eigenvalue weighted by Crippen LogP contribution is 2.43. The maximum absolute atomic E-state index is 6.62. The number of nitrogens with zero attached hydrogens (tertiary/aromatic N) is 3. The summed E-state index contributed by atoms with van der Waals surface area (Å²) in [5.74, 6) is 0.692. The van der Waals surface area contributed by atoms with Crippen molar-refractivity contribution in [3.8, 4) is 67.4 Å². The summed E-state index contributed by atoms with van der Waals surface area (Å²) in [4.78, 5) is 14.9. The van der Waals surface area contributed by atoms with E-state index >= 15 is 0 Å². The molecule has 0 saturated heterocycles. The van der Waals surface area contributed by atoms with E-state index in [0.29, 0.717) is 5.82 Å². The molecule has 248 valence electrons. The van der Waals surface area contributed by atoms with E-state index in [0.717, 1.165) is 88.7 Å². The van der Waals surface area contributed by atoms with Gasteiger partial charge in [0, 0.05) is 44.6 Å². The third-order valence-corrected chi connectivity index (χ3v) is 9.96. The van der Waals surface area contributed by atoms with Gasteiger partial charge in [-0.25, -0.2) is 9.97 Å². The number of benzene rings is 7. The lowest BCUT2D eigenvalue weighted by molar-refractivity contribution is 0.673. The fourth-order valence-corrected chi connectivity index (χ4v) is 7.39. The SMILES string of the molecule is c1ccc(-c2cccc(-c3cc(-c4ccc(-c5cccc6oc7c8ccccc8c(-c8ccccn8)cc7c56)cc4)nc(-c4ccccc4)n3)c2)cc1. The van der Waals surface area contributed by atoms with Gasteiger partial charge in [0.15, 0.2) is 5.82 Å². The molecule has 0 N–H and O–H groups in total. The Morgan fingerprint density at radius 2 is 1.00 bits per heavy atom. The van der Waals surface area contributed by atoms with Crippen LogP contribution in [-0.4, -0.2) is 15.0 Å². The summed E-state index contributed by atoms with van der Waals surface area (Å²) in [7, 11) is 0. The third kappa shape index (κ3) is 5.54. The molecule has 3 heterocycles. The second-order valence-corrected chi connectivity index (χ2v) is 13.2. The second-order valence-electron chi connectivity index (χ2n) is 13.2. The Bertz CT molecular complexity index is 2920. The highest BCUT2D eigenvalue weighted by Gasteiger charge is 2.18. The minimum Gasteiger partial charge on any atom is -0.455 e. The lowest BCUT2D eigenvalue weighted by Crippen LogP contribution is -1.96. The Morgan fingerprint density at radius 1 is 0.358 bits per heavy atom. The molecule has 53 heavy (non-hydrogen) atoms. The van der Waals surface area contributed by atoms with E-state index in [1.54, 1.807) is 0 Å². The molecule has 0 unspecified atom stereocenters. The summed E-state index contributed by atoms with van der Waals surface area (Å²) in [6.45, 7) is 0. The van der Waals surface area contributed by atoms with Crippen molar-refractivity contribution in [2.24, 2.45) is 0 Å². The van der Waals surface area contributed by atoms with Crippen LogP contribution in [-0.2, 0) is 0 Å². The molecular weight excluding hydrogens is 647 g/mol. The average Bonchev–Trinajstić information content (AvgIpc) is 3.63. The summed E-state index contributed by atoms with van der Waals surface area (Å²) in [6, 6.07) is 63.0. The topological polar surface area (TPSA) is 51.8 Å². The molecule has 10 aromatic rings. The van der Waals surface area contributed by atoms with Gasteiger partial charge in [0.05, 0.1) is 17.1 Å². The Hall–Kier alpha value is -7.17. The van der Waals surface area contributed by atoms with Crippen LogP contribution in [0.4, 0.5) is 0 Å². The Kier molecular flexibility index (Phi) is 7.43. The van der Waals surface area contributed by atoms with Gasteiger partial charge in [-0.15, -0.1) is 0 Å². The monoisotopic (exact) mass is 677 g/mol. The summed E-state index contributed by atoms with van der Waals surface area (Å²) in [5, 5.41) is 4.36. The summed E-state index contributed by atoms with van der Waals surface area (Å²) < 4.78 is 6.62. The Labute approximate surface area is 306 Å². The normalized spacial score (nSPS) is 11.4. The third-order valence-electron chi connectivity index (χ3n) is 9.96. The zero-order valence-corrected chi connectivity index (χ0v) is 28.6. The molecule has 0 amide bonds. The van der Waals surface area contributed by atoms with Crippen LogP contribution in [0.2, 0.25) is 0 Å². The zero-order valence-electron chi connectivity index (χ0n) is 28.6. The first-order valence-corrected chi connectivity index (χ1v) is 17.8. The van der Waals surface area contributed by atoms with Crippen molar-refractivity contribution >= 4 is 32.7 Å². The van der Waals surface area contributed by atoms with E-state index in [1.165, 1.54) is 5.56 Å². The highest BCUT2D eigenvalue weighted by molar-refractivity contribution is 6.22. The molecule has 0 spiro atoms. The number of hydrogen-bond donors (Lipinski definition) is 0. The minimum absolute atomic E-state index is 0.692. The number of fused-ring (bicyclic) bond motifs is 5. The molecule has 0 saturated carbocycles. The molecule has 4 nitrogen and oxygen atoms in total. The summed E-state index contributed by atoms with van der Waals surface area (Å²) in [6.07, 6.45) is 1.85. The number of furan rings is 1. The average molecular weight is 678 g/mol. The molecule has 0 aliphatic heterocycles. The number of aromatic nitrogens is 3. The Morgan fingerprint density at radius 3 is 1.77 bits per heavy atom. The van der Waals surface area contributed by atoms with Crippen molar-refractivity contribution in [1.29, 1.82) is 0 Å². The van der Waals surface area contributed by atoms with E-state index < -0.39 is 0 Å². The lowest BCUT2D eigenvalue weighted by Gasteiger charge is -2.11. The molecule has 4 heteroatoms. The van der Waals surface area contributed by atoms with Crippen molar-refractivity contribution in [3.63, 3.8) is 0 Å². The molecule has 0 aliphatic carbocycles. The van der Waals surface area contributed by atoms with E-state index in [4.69, 9.17) is 19.4 Å². The highest BCUT2D eigenvalue weighted by atomic mass is 16.3. The maximum atomic E-state index is 6.62. The largest absolute Gasteiger partial charge is 0.455 e. The van der Waals surface area contributed by atoms with Crippen molar-refractivity contribution < 1.29 is 4.42 Å². The molecule has 7 aromatic carbocycles. The molecule has 0 radical (unpaired) electrons. The number of pyridine rings is 1. The number of hydrogen-bond acceptors (Lipinski definition) is 4. The van der Waals surface area contributed by atoms with Crippen LogP contribution in [0.3, 0.4) is 0 Å². The van der Waals surface area contributed by atoms with Crippen LogP contribution < -0.4 is 0 Å². The summed E-state index contributed by atoms with van der Waals surface area (Å²) in [5.41, 5.74) is 13.1. The van der Waals surface area contributed by atoms with E-state index in [2.05, 4.69) is 146 Å². The van der Waals surface area contributed by atoms with Gasteiger partial charge < -0.3 is 4.42 Å². The van der Waals surface area contributed by atoms with Gasteiger partial charge in [0.2, 0.25) is 0 Å². The van der Waals surface area contributed by atoms with E-state index in [1.807, 2.05) is 42.6 Å². The molecule has 0 aliphatic rings. The standard InChI is InChI=1S/C49H31N3O/c1-3-13-32(14-4-1)36-17-11-18-37(29-36)45-31-44(51-49(52-45)35-15-5-2-6-16-35)34-26-24-33(25-27-34)38-21-12-23-46-47(38)42-30-41(43-22-9-10-28-50-43)39-19-7-8-20-40(39)48(42)53-46/h1-31H. The molecular formula is C49H31N3O. The molecule has 3 aromatic heterocycles. The van der Waals surface area contributed by atoms with Crippen LogP contribution in [0.25, 0.3) is 100 Å². The first kappa shape index (κ1) is 30.6. The molecule has 0 fully saturated rings. The number of rotatable bonds is 6. The van der Waals surface area contributed by atoms with Crippen LogP contribution in [0, 0.1) is 0 Å². The molecule has 0 atom stereocenters. The Balaban J connectivity index is 1.10. The fraction of sp³-hybridized carbons (Fsp3) is 0. The van der Waals surface area contributed by atoms with Gasteiger partial charge in [-0.05, 0) is 64.0 Å². The van der Waals surface area contributed by atoms with Crippen molar-refractivity contribution in [3.05, 3.63) is 188 Å². The lowest BCUT2D eigenvalue weighted by atomic mass is 9.94. The zero-order chi connectivity index (χ0) is 35.1. The van der Waals surface area contributed by atoms with Crippen molar-refractivity contribution in [2.45, 2.75) is 0 Å². The van der Waals surface area contributed by atoms with Crippen LogP contribution >= 0.6 is 0 Å². The van der Waals surface area contributed by atoms with Crippen LogP contribution in [0.15, 0.2) is 193 Å².